The van der Waals surface area contributed by atoms with Crippen molar-refractivity contribution in [1.82, 2.24) is 0 Å². The SMILES string of the molecule is CCOC(=O)C1=C(C)N(c2ccccc2)C(=O)C[C@@H]1C(=O)Nc1ccc(Cl)cc1. The van der Waals surface area contributed by atoms with Crippen LogP contribution in [0.2, 0.25) is 5.02 Å². The van der Waals surface area contributed by atoms with E-state index in [0.29, 0.717) is 22.1 Å². The summed E-state index contributed by atoms with van der Waals surface area (Å²) < 4.78 is 5.19. The number of rotatable bonds is 5. The van der Waals surface area contributed by atoms with Crippen LogP contribution in [0.15, 0.2) is 65.9 Å². The number of anilines is 2. The van der Waals surface area contributed by atoms with Gasteiger partial charge in [0.1, 0.15) is 0 Å². The van der Waals surface area contributed by atoms with E-state index in [9.17, 15) is 14.4 Å². The number of hydrogen-bond acceptors (Lipinski definition) is 4. The molecule has 2 aromatic rings. The first-order chi connectivity index (χ1) is 13.9. The minimum absolute atomic E-state index is 0.139. The molecule has 2 aromatic carbocycles. The molecule has 0 saturated carbocycles. The Bertz CT molecular complexity index is 955. The summed E-state index contributed by atoms with van der Waals surface area (Å²) in [7, 11) is 0. The lowest BCUT2D eigenvalue weighted by atomic mass is 9.88. The van der Waals surface area contributed by atoms with Crippen molar-refractivity contribution < 1.29 is 19.1 Å². The number of esters is 1. The molecule has 1 N–H and O–H groups in total. The maximum absolute atomic E-state index is 12.9. The van der Waals surface area contributed by atoms with Gasteiger partial charge in [0.15, 0.2) is 0 Å². The van der Waals surface area contributed by atoms with Crippen LogP contribution in [-0.4, -0.2) is 24.4 Å². The zero-order valence-electron chi connectivity index (χ0n) is 16.1. The molecule has 1 heterocycles. The van der Waals surface area contributed by atoms with Gasteiger partial charge < -0.3 is 10.1 Å². The van der Waals surface area contributed by atoms with Gasteiger partial charge >= 0.3 is 5.97 Å². The largest absolute Gasteiger partial charge is 0.463 e. The molecular weight excluding hydrogens is 392 g/mol. The van der Waals surface area contributed by atoms with Gasteiger partial charge in [0.25, 0.3) is 0 Å². The second-order valence-corrected chi connectivity index (χ2v) is 6.97. The van der Waals surface area contributed by atoms with Gasteiger partial charge in [-0.05, 0) is 50.2 Å². The third-order valence-electron chi connectivity index (χ3n) is 4.64. The van der Waals surface area contributed by atoms with Crippen molar-refractivity contribution in [3.63, 3.8) is 0 Å². The van der Waals surface area contributed by atoms with Gasteiger partial charge in [-0.3, -0.25) is 14.5 Å². The van der Waals surface area contributed by atoms with Crippen molar-refractivity contribution in [3.8, 4) is 0 Å². The van der Waals surface area contributed by atoms with Crippen LogP contribution < -0.4 is 10.2 Å². The second kappa shape index (κ2) is 8.92. The first-order valence-electron chi connectivity index (χ1n) is 9.24. The van der Waals surface area contributed by atoms with Gasteiger partial charge in [-0.25, -0.2) is 4.79 Å². The van der Waals surface area contributed by atoms with E-state index in [1.165, 1.54) is 4.90 Å². The lowest BCUT2D eigenvalue weighted by Crippen LogP contribution is -2.43. The highest BCUT2D eigenvalue weighted by Gasteiger charge is 2.40. The molecule has 0 fully saturated rings. The van der Waals surface area contributed by atoms with Gasteiger partial charge in [-0.15, -0.1) is 0 Å². The van der Waals surface area contributed by atoms with Crippen molar-refractivity contribution in [2.24, 2.45) is 5.92 Å². The molecule has 1 aliphatic rings. The zero-order valence-corrected chi connectivity index (χ0v) is 16.9. The minimum Gasteiger partial charge on any atom is -0.463 e. The standard InChI is InChI=1S/C22H21ClN2O4/c1-3-29-22(28)20-14(2)25(17-7-5-4-6-8-17)19(26)13-18(20)21(27)24-16-11-9-15(23)10-12-16/h4-12,18H,3,13H2,1-2H3,(H,24,27)/t18-/m0/s1. The summed E-state index contributed by atoms with van der Waals surface area (Å²) in [5, 5.41) is 3.29. The highest BCUT2D eigenvalue weighted by molar-refractivity contribution is 6.30. The Hall–Kier alpha value is -3.12. The van der Waals surface area contributed by atoms with Crippen LogP contribution in [0.3, 0.4) is 0 Å². The first kappa shape index (κ1) is 20.6. The Labute approximate surface area is 174 Å². The number of carbonyl (C=O) groups is 3. The number of para-hydroxylation sites is 1. The fourth-order valence-electron chi connectivity index (χ4n) is 3.33. The quantitative estimate of drug-likeness (QED) is 0.748. The van der Waals surface area contributed by atoms with Crippen molar-refractivity contribution in [2.75, 3.05) is 16.8 Å². The number of allylic oxidation sites excluding steroid dienone is 1. The second-order valence-electron chi connectivity index (χ2n) is 6.54. The van der Waals surface area contributed by atoms with Gasteiger partial charge in [0, 0.05) is 28.5 Å². The van der Waals surface area contributed by atoms with E-state index >= 15 is 0 Å². The lowest BCUT2D eigenvalue weighted by Gasteiger charge is -2.33. The third kappa shape index (κ3) is 4.49. The summed E-state index contributed by atoms with van der Waals surface area (Å²) in [6.45, 7) is 3.51. The van der Waals surface area contributed by atoms with Crippen molar-refractivity contribution in [1.29, 1.82) is 0 Å². The lowest BCUT2D eigenvalue weighted by molar-refractivity contribution is -0.141. The van der Waals surface area contributed by atoms with Gasteiger partial charge in [-0.2, -0.15) is 0 Å². The molecule has 0 radical (unpaired) electrons. The Morgan fingerprint density at radius 2 is 1.79 bits per heavy atom. The van der Waals surface area contributed by atoms with E-state index in [0.717, 1.165) is 0 Å². The molecule has 0 aromatic heterocycles. The molecule has 150 valence electrons. The summed E-state index contributed by atoms with van der Waals surface area (Å²) in [6.07, 6.45) is -0.139. The van der Waals surface area contributed by atoms with Gasteiger partial charge in [0.2, 0.25) is 11.8 Å². The van der Waals surface area contributed by atoms with Crippen LogP contribution in [0.4, 0.5) is 11.4 Å². The molecule has 7 heteroatoms. The summed E-state index contributed by atoms with van der Waals surface area (Å²) in [6, 6.07) is 15.6. The Balaban J connectivity index is 1.98. The van der Waals surface area contributed by atoms with Gasteiger partial charge in [-0.1, -0.05) is 29.8 Å². The summed E-state index contributed by atoms with van der Waals surface area (Å²) >= 11 is 5.88. The van der Waals surface area contributed by atoms with Crippen molar-refractivity contribution >= 4 is 40.8 Å². The van der Waals surface area contributed by atoms with Crippen LogP contribution in [0, 0.1) is 5.92 Å². The Kier molecular flexibility index (Phi) is 6.34. The maximum Gasteiger partial charge on any atom is 0.336 e. The molecule has 3 rings (SSSR count). The van der Waals surface area contributed by atoms with Crippen LogP contribution in [0.1, 0.15) is 20.3 Å². The molecule has 2 amide bonds. The smallest absolute Gasteiger partial charge is 0.336 e. The Morgan fingerprint density at radius 3 is 2.41 bits per heavy atom. The van der Waals surface area contributed by atoms with E-state index in [-0.39, 0.29) is 24.5 Å². The van der Waals surface area contributed by atoms with E-state index in [4.69, 9.17) is 16.3 Å². The first-order valence-corrected chi connectivity index (χ1v) is 9.62. The fourth-order valence-corrected chi connectivity index (χ4v) is 3.45. The predicted molar refractivity (Wildman–Crippen MR) is 111 cm³/mol. The molecular formula is C22H21ClN2O4. The minimum atomic E-state index is -0.947. The summed E-state index contributed by atoms with van der Waals surface area (Å²) in [4.78, 5) is 40.0. The predicted octanol–water partition coefficient (Wildman–Crippen LogP) is 4.17. The van der Waals surface area contributed by atoms with Crippen molar-refractivity contribution in [2.45, 2.75) is 20.3 Å². The number of nitrogens with one attached hydrogen (secondary N) is 1. The van der Waals surface area contributed by atoms with Gasteiger partial charge in [0.05, 0.1) is 18.1 Å². The third-order valence-corrected chi connectivity index (χ3v) is 4.89. The highest BCUT2D eigenvalue weighted by atomic mass is 35.5. The topological polar surface area (TPSA) is 75.7 Å². The van der Waals surface area contributed by atoms with E-state index in [1.54, 1.807) is 62.4 Å². The fraction of sp³-hybridized carbons (Fsp3) is 0.227. The molecule has 1 aliphatic heterocycles. The maximum atomic E-state index is 12.9. The molecule has 0 saturated heterocycles. The van der Waals surface area contributed by atoms with Crippen molar-refractivity contribution in [3.05, 3.63) is 70.9 Å². The van der Waals surface area contributed by atoms with E-state index in [2.05, 4.69) is 5.32 Å². The number of carbonyl (C=O) groups excluding carboxylic acids is 3. The van der Waals surface area contributed by atoms with Crippen LogP contribution in [-0.2, 0) is 19.1 Å². The highest BCUT2D eigenvalue weighted by Crippen LogP contribution is 2.34. The molecule has 1 atom stereocenters. The number of nitrogens with zero attached hydrogens (tertiary/aromatic N) is 1. The number of amides is 2. The molecule has 6 nitrogen and oxygen atoms in total. The van der Waals surface area contributed by atoms with Crippen LogP contribution in [0.5, 0.6) is 0 Å². The average molecular weight is 413 g/mol. The number of halogens is 1. The monoisotopic (exact) mass is 412 g/mol. The molecule has 0 unspecified atom stereocenters. The van der Waals surface area contributed by atoms with E-state index in [1.807, 2.05) is 6.07 Å². The van der Waals surface area contributed by atoms with Crippen LogP contribution in [0.25, 0.3) is 0 Å². The van der Waals surface area contributed by atoms with E-state index < -0.39 is 17.8 Å². The zero-order chi connectivity index (χ0) is 21.0. The normalized spacial score (nSPS) is 16.6. The Morgan fingerprint density at radius 1 is 1.14 bits per heavy atom. The molecule has 0 bridgehead atoms. The summed E-state index contributed by atoms with van der Waals surface area (Å²) in [5.41, 5.74) is 1.73. The number of hydrogen-bond donors (Lipinski definition) is 1. The number of benzene rings is 2. The van der Waals surface area contributed by atoms with Crippen LogP contribution >= 0.6 is 11.6 Å². The molecule has 0 aliphatic carbocycles. The summed E-state index contributed by atoms with van der Waals surface area (Å²) in [5.74, 6) is -2.26. The molecule has 29 heavy (non-hydrogen) atoms. The molecule has 0 spiro atoms. The number of ether oxygens (including phenoxy) is 1. The average Bonchev–Trinajstić information content (AvgIpc) is 2.70.